The number of nitro benzene ring substituents is 1. The summed E-state index contributed by atoms with van der Waals surface area (Å²) in [5, 5.41) is 31.4. The normalized spacial score (nSPS) is 15.5. The molecule has 0 radical (unpaired) electrons. The summed E-state index contributed by atoms with van der Waals surface area (Å²) < 4.78 is 13.1. The first-order valence-corrected chi connectivity index (χ1v) is 10.3. The lowest BCUT2D eigenvalue weighted by Crippen LogP contribution is -2.41. The van der Waals surface area contributed by atoms with Gasteiger partial charge >= 0.3 is 0 Å². The number of aromatic nitrogens is 2. The van der Waals surface area contributed by atoms with Crippen LogP contribution in [-0.2, 0) is 4.79 Å². The number of nitrogens with zero attached hydrogens (tertiary/aromatic N) is 5. The van der Waals surface area contributed by atoms with Crippen LogP contribution in [0.1, 0.15) is 18.4 Å². The number of anilines is 2. The highest BCUT2D eigenvalue weighted by atomic mass is 19.1. The molecule has 0 spiro atoms. The Morgan fingerprint density at radius 2 is 1.97 bits per heavy atom. The first-order valence-electron chi connectivity index (χ1n) is 10.3. The van der Waals surface area contributed by atoms with Crippen molar-refractivity contribution >= 4 is 23.1 Å². The van der Waals surface area contributed by atoms with Gasteiger partial charge in [-0.1, -0.05) is 0 Å². The Morgan fingerprint density at radius 1 is 1.18 bits per heavy atom. The minimum atomic E-state index is -0.589. The van der Waals surface area contributed by atoms with Crippen molar-refractivity contribution < 1.29 is 14.1 Å². The maximum absolute atomic E-state index is 13.1. The van der Waals surface area contributed by atoms with Crippen LogP contribution in [0.5, 0.6) is 0 Å². The lowest BCUT2D eigenvalue weighted by atomic mass is 9.96. The molecule has 2 heterocycles. The Balaban J connectivity index is 1.44. The average Bonchev–Trinajstić information content (AvgIpc) is 2.85. The van der Waals surface area contributed by atoms with E-state index in [9.17, 15) is 24.6 Å². The van der Waals surface area contributed by atoms with Crippen molar-refractivity contribution in [2.24, 2.45) is 5.92 Å². The highest BCUT2D eigenvalue weighted by Crippen LogP contribution is 2.26. The van der Waals surface area contributed by atoms with Crippen LogP contribution in [0.4, 0.5) is 21.6 Å². The van der Waals surface area contributed by atoms with Crippen molar-refractivity contribution in [3.05, 3.63) is 76.1 Å². The van der Waals surface area contributed by atoms with E-state index in [4.69, 9.17) is 0 Å². The Labute approximate surface area is 188 Å². The Kier molecular flexibility index (Phi) is 6.22. The van der Waals surface area contributed by atoms with Crippen LogP contribution in [0.3, 0.4) is 0 Å². The highest BCUT2D eigenvalue weighted by molar-refractivity contribution is 5.94. The maximum atomic E-state index is 13.1. The molecule has 1 amide bonds. The zero-order chi connectivity index (χ0) is 23.4. The lowest BCUT2D eigenvalue weighted by Gasteiger charge is -2.32. The lowest BCUT2D eigenvalue weighted by molar-refractivity contribution is -0.384. The third-order valence-corrected chi connectivity index (χ3v) is 5.50. The van der Waals surface area contributed by atoms with Gasteiger partial charge in [0.1, 0.15) is 11.9 Å². The second-order valence-electron chi connectivity index (χ2n) is 7.66. The van der Waals surface area contributed by atoms with Crippen molar-refractivity contribution in [1.29, 1.82) is 5.26 Å². The van der Waals surface area contributed by atoms with Crippen LogP contribution >= 0.6 is 0 Å². The molecule has 166 valence electrons. The molecule has 1 aromatic heterocycles. The number of halogens is 1. The summed E-state index contributed by atoms with van der Waals surface area (Å²) in [7, 11) is 0. The monoisotopic (exact) mass is 446 g/mol. The van der Waals surface area contributed by atoms with Crippen LogP contribution in [-0.4, -0.2) is 34.1 Å². The fraction of sp³-hybridized carbons (Fsp3) is 0.217. The molecule has 2 aromatic carbocycles. The number of hydrogen-bond donors (Lipinski definition) is 1. The molecule has 0 bridgehead atoms. The predicted octanol–water partition coefficient (Wildman–Crippen LogP) is 3.92. The molecule has 1 unspecified atom stereocenters. The molecule has 4 rings (SSSR count). The molecule has 10 heteroatoms. The Hall–Kier alpha value is -4.39. The first-order chi connectivity index (χ1) is 15.9. The fourth-order valence-corrected chi connectivity index (χ4v) is 3.75. The van der Waals surface area contributed by atoms with Gasteiger partial charge < -0.3 is 10.2 Å². The fourth-order valence-electron chi connectivity index (χ4n) is 3.75. The number of nitro groups is 1. The summed E-state index contributed by atoms with van der Waals surface area (Å²) in [6, 6.07) is 15.3. The standard InChI is InChI=1S/C23H19FN6O3/c24-18-5-3-15(4-6-18)21-9-10-22(28-27-21)29-11-1-2-16(14-29)23(31)26-20-8-7-19(30(32)33)12-17(20)13-25/h3-10,12,16H,1-2,11,14H2,(H,26,31). The van der Waals surface area contributed by atoms with E-state index in [-0.39, 0.29) is 34.6 Å². The SMILES string of the molecule is N#Cc1cc([N+](=O)[O-])ccc1NC(=O)C1CCCN(c2ccc(-c3ccc(F)cc3)nn2)C1. The summed E-state index contributed by atoms with van der Waals surface area (Å²) in [6.07, 6.45) is 1.43. The molecule has 1 aliphatic rings. The second kappa shape index (κ2) is 9.40. The number of benzene rings is 2. The van der Waals surface area contributed by atoms with E-state index < -0.39 is 4.92 Å². The van der Waals surface area contributed by atoms with Gasteiger partial charge in [0.05, 0.1) is 27.8 Å². The quantitative estimate of drug-likeness (QED) is 0.465. The smallest absolute Gasteiger partial charge is 0.270 e. The van der Waals surface area contributed by atoms with Gasteiger partial charge in [-0.25, -0.2) is 4.39 Å². The van der Waals surface area contributed by atoms with E-state index in [1.165, 1.54) is 24.3 Å². The van der Waals surface area contributed by atoms with Crippen LogP contribution in [0.15, 0.2) is 54.6 Å². The van der Waals surface area contributed by atoms with Crippen molar-refractivity contribution in [2.45, 2.75) is 12.8 Å². The number of carbonyl (C=O) groups is 1. The molecule has 1 saturated heterocycles. The molecule has 1 atom stereocenters. The Morgan fingerprint density at radius 3 is 2.64 bits per heavy atom. The van der Waals surface area contributed by atoms with Gasteiger partial charge in [0.25, 0.3) is 5.69 Å². The van der Waals surface area contributed by atoms with Crippen LogP contribution < -0.4 is 10.2 Å². The van der Waals surface area contributed by atoms with E-state index in [0.29, 0.717) is 24.5 Å². The van der Waals surface area contributed by atoms with E-state index in [2.05, 4.69) is 15.5 Å². The molecule has 9 nitrogen and oxygen atoms in total. The molecule has 1 N–H and O–H groups in total. The van der Waals surface area contributed by atoms with Gasteiger partial charge in [-0.3, -0.25) is 14.9 Å². The summed E-state index contributed by atoms with van der Waals surface area (Å²) in [5.74, 6) is -0.303. The predicted molar refractivity (Wildman–Crippen MR) is 119 cm³/mol. The molecule has 1 fully saturated rings. The van der Waals surface area contributed by atoms with Crippen molar-refractivity contribution in [2.75, 3.05) is 23.3 Å². The number of non-ortho nitro benzene ring substituents is 1. The molecular weight excluding hydrogens is 427 g/mol. The Bertz CT molecular complexity index is 1220. The number of carbonyl (C=O) groups excluding carboxylic acids is 1. The van der Waals surface area contributed by atoms with E-state index in [0.717, 1.165) is 24.6 Å². The molecule has 1 aliphatic heterocycles. The van der Waals surface area contributed by atoms with Crippen LogP contribution in [0, 0.1) is 33.2 Å². The van der Waals surface area contributed by atoms with Crippen molar-refractivity contribution in [3.8, 4) is 17.3 Å². The van der Waals surface area contributed by atoms with Gasteiger partial charge in [-0.15, -0.1) is 10.2 Å². The minimum absolute atomic E-state index is 0.0347. The molecular formula is C23H19FN6O3. The second-order valence-corrected chi connectivity index (χ2v) is 7.66. The topological polar surface area (TPSA) is 125 Å². The maximum Gasteiger partial charge on any atom is 0.270 e. The average molecular weight is 446 g/mol. The van der Waals surface area contributed by atoms with Gasteiger partial charge in [0, 0.05) is 30.8 Å². The highest BCUT2D eigenvalue weighted by Gasteiger charge is 2.27. The third kappa shape index (κ3) is 4.93. The van der Waals surface area contributed by atoms with Gasteiger partial charge in [0.2, 0.25) is 5.91 Å². The number of nitriles is 1. The number of nitrogens with one attached hydrogen (secondary N) is 1. The first kappa shape index (κ1) is 21.8. The van der Waals surface area contributed by atoms with E-state index >= 15 is 0 Å². The number of rotatable bonds is 5. The molecule has 33 heavy (non-hydrogen) atoms. The summed E-state index contributed by atoms with van der Waals surface area (Å²) in [6.45, 7) is 1.14. The molecule has 0 saturated carbocycles. The number of amides is 1. The summed E-state index contributed by atoms with van der Waals surface area (Å²) in [5.41, 5.74) is 1.44. The molecule has 3 aromatic rings. The van der Waals surface area contributed by atoms with Crippen molar-refractivity contribution in [1.82, 2.24) is 10.2 Å². The van der Waals surface area contributed by atoms with Crippen LogP contribution in [0.2, 0.25) is 0 Å². The largest absolute Gasteiger partial charge is 0.354 e. The van der Waals surface area contributed by atoms with Crippen molar-refractivity contribution in [3.63, 3.8) is 0 Å². The van der Waals surface area contributed by atoms with Gasteiger partial charge in [-0.2, -0.15) is 5.26 Å². The van der Waals surface area contributed by atoms with Crippen LogP contribution in [0.25, 0.3) is 11.3 Å². The zero-order valence-corrected chi connectivity index (χ0v) is 17.4. The molecule has 0 aliphatic carbocycles. The summed E-state index contributed by atoms with van der Waals surface area (Å²) >= 11 is 0. The van der Waals surface area contributed by atoms with Gasteiger partial charge in [0.15, 0.2) is 5.82 Å². The van der Waals surface area contributed by atoms with E-state index in [1.54, 1.807) is 18.2 Å². The summed E-state index contributed by atoms with van der Waals surface area (Å²) in [4.78, 5) is 25.1. The van der Waals surface area contributed by atoms with E-state index in [1.807, 2.05) is 17.0 Å². The zero-order valence-electron chi connectivity index (χ0n) is 17.4. The number of hydrogen-bond acceptors (Lipinski definition) is 7. The minimum Gasteiger partial charge on any atom is -0.354 e. The third-order valence-electron chi connectivity index (χ3n) is 5.50. The van der Waals surface area contributed by atoms with Gasteiger partial charge in [-0.05, 0) is 55.3 Å². The number of piperidine rings is 1.